The van der Waals surface area contributed by atoms with Crippen molar-refractivity contribution in [1.82, 2.24) is 5.32 Å². The summed E-state index contributed by atoms with van der Waals surface area (Å²) in [6, 6.07) is 12.6. The second kappa shape index (κ2) is 9.32. The first-order valence-corrected chi connectivity index (χ1v) is 9.57. The van der Waals surface area contributed by atoms with E-state index in [-0.39, 0.29) is 11.7 Å². The van der Waals surface area contributed by atoms with Gasteiger partial charge in [-0.05, 0) is 61.7 Å². The monoisotopic (exact) mass is 398 g/mol. The lowest BCUT2D eigenvalue weighted by molar-refractivity contribution is -0.129. The van der Waals surface area contributed by atoms with Crippen molar-refractivity contribution in [2.24, 2.45) is 0 Å². The molecule has 0 saturated carbocycles. The Balaban J connectivity index is 1.47. The molecule has 152 valence electrons. The Morgan fingerprint density at radius 2 is 1.83 bits per heavy atom. The molecule has 2 amide bonds. The Hall–Kier alpha value is -3.22. The van der Waals surface area contributed by atoms with Crippen LogP contribution in [0, 0.1) is 5.82 Å². The fraction of sp³-hybridized carbons (Fsp3) is 0.318. The number of anilines is 1. The van der Waals surface area contributed by atoms with Gasteiger partial charge >= 0.3 is 5.97 Å². The summed E-state index contributed by atoms with van der Waals surface area (Å²) in [5.41, 5.74) is 1.95. The lowest BCUT2D eigenvalue weighted by Crippen LogP contribution is -2.36. The van der Waals surface area contributed by atoms with Gasteiger partial charge in [0.15, 0.2) is 6.10 Å². The van der Waals surface area contributed by atoms with E-state index in [1.54, 1.807) is 41.3 Å². The second-order valence-electron chi connectivity index (χ2n) is 6.91. The van der Waals surface area contributed by atoms with E-state index < -0.39 is 18.0 Å². The largest absolute Gasteiger partial charge is 0.449 e. The maximum atomic E-state index is 12.9. The summed E-state index contributed by atoms with van der Waals surface area (Å²) in [7, 11) is 0. The molecule has 29 heavy (non-hydrogen) atoms. The van der Waals surface area contributed by atoms with Crippen LogP contribution in [0.5, 0.6) is 0 Å². The zero-order chi connectivity index (χ0) is 20.8. The van der Waals surface area contributed by atoms with Crippen LogP contribution in [0.15, 0.2) is 48.5 Å². The number of hydrogen-bond acceptors (Lipinski definition) is 4. The zero-order valence-electron chi connectivity index (χ0n) is 16.2. The molecule has 1 saturated heterocycles. The Kier molecular flexibility index (Phi) is 6.59. The summed E-state index contributed by atoms with van der Waals surface area (Å²) >= 11 is 0. The van der Waals surface area contributed by atoms with Gasteiger partial charge in [-0.15, -0.1) is 0 Å². The Morgan fingerprint density at radius 1 is 1.14 bits per heavy atom. The molecule has 1 heterocycles. The summed E-state index contributed by atoms with van der Waals surface area (Å²) < 4.78 is 18.1. The number of nitrogens with one attached hydrogen (secondary N) is 1. The number of esters is 1. The number of nitrogens with zero attached hydrogens (tertiary/aromatic N) is 1. The predicted molar refractivity (Wildman–Crippen MR) is 106 cm³/mol. The highest BCUT2D eigenvalue weighted by molar-refractivity contribution is 5.96. The van der Waals surface area contributed by atoms with E-state index in [1.165, 1.54) is 19.1 Å². The number of benzene rings is 2. The third-order valence-electron chi connectivity index (χ3n) is 4.77. The molecule has 2 aromatic carbocycles. The summed E-state index contributed by atoms with van der Waals surface area (Å²) in [6.45, 7) is 2.53. The van der Waals surface area contributed by atoms with Gasteiger partial charge in [-0.2, -0.15) is 0 Å². The summed E-state index contributed by atoms with van der Waals surface area (Å²) in [4.78, 5) is 37.9. The molecule has 1 N–H and O–H groups in total. The quantitative estimate of drug-likeness (QED) is 0.728. The molecular formula is C22H23FN2O4. The fourth-order valence-electron chi connectivity index (χ4n) is 3.11. The maximum absolute atomic E-state index is 12.9. The van der Waals surface area contributed by atoms with Crippen LogP contribution in [0.1, 0.15) is 35.7 Å². The highest BCUT2D eigenvalue weighted by Crippen LogP contribution is 2.22. The van der Waals surface area contributed by atoms with Crippen molar-refractivity contribution in [2.75, 3.05) is 18.0 Å². The molecule has 0 aromatic heterocycles. The van der Waals surface area contributed by atoms with Crippen LogP contribution in [-0.2, 0) is 20.7 Å². The molecule has 0 unspecified atom stereocenters. The van der Waals surface area contributed by atoms with Crippen molar-refractivity contribution in [3.63, 3.8) is 0 Å². The van der Waals surface area contributed by atoms with Gasteiger partial charge in [0.2, 0.25) is 5.91 Å². The first kappa shape index (κ1) is 20.5. The van der Waals surface area contributed by atoms with E-state index in [9.17, 15) is 18.8 Å². The van der Waals surface area contributed by atoms with Gasteiger partial charge in [-0.25, -0.2) is 9.18 Å². The number of rotatable bonds is 7. The van der Waals surface area contributed by atoms with Crippen LogP contribution in [0.4, 0.5) is 10.1 Å². The molecule has 3 rings (SSSR count). The summed E-state index contributed by atoms with van der Waals surface area (Å²) in [5.74, 6) is -1.24. The highest BCUT2D eigenvalue weighted by atomic mass is 19.1. The molecular weight excluding hydrogens is 375 g/mol. The van der Waals surface area contributed by atoms with Crippen molar-refractivity contribution in [2.45, 2.75) is 32.3 Å². The third kappa shape index (κ3) is 5.40. The molecule has 6 nitrogen and oxygen atoms in total. The Labute approximate surface area is 168 Å². The number of halogens is 1. The van der Waals surface area contributed by atoms with E-state index in [2.05, 4.69) is 5.32 Å². The van der Waals surface area contributed by atoms with Gasteiger partial charge in [0.05, 0.1) is 5.56 Å². The number of carbonyl (C=O) groups excluding carboxylic acids is 3. The van der Waals surface area contributed by atoms with Crippen molar-refractivity contribution >= 4 is 23.5 Å². The van der Waals surface area contributed by atoms with Gasteiger partial charge in [0.1, 0.15) is 5.82 Å². The molecule has 1 aliphatic heterocycles. The number of carbonyl (C=O) groups is 3. The fourth-order valence-corrected chi connectivity index (χ4v) is 3.11. The average Bonchev–Trinajstić information content (AvgIpc) is 3.15. The lowest BCUT2D eigenvalue weighted by Gasteiger charge is -2.16. The standard InChI is InChI=1S/C22H23FN2O4/c1-15(21(27)24-13-12-16-4-8-18(23)9-5-16)29-22(28)17-6-10-19(11-7-17)25-14-2-3-20(25)26/h4-11,15H,2-3,12-14H2,1H3,(H,24,27)/t15-/m0/s1. The molecule has 1 atom stereocenters. The highest BCUT2D eigenvalue weighted by Gasteiger charge is 2.22. The number of hydrogen-bond donors (Lipinski definition) is 1. The van der Waals surface area contributed by atoms with Crippen LogP contribution in [0.25, 0.3) is 0 Å². The molecule has 1 fully saturated rings. The minimum absolute atomic E-state index is 0.0752. The van der Waals surface area contributed by atoms with Crippen LogP contribution in [-0.4, -0.2) is 37.0 Å². The van der Waals surface area contributed by atoms with E-state index in [0.29, 0.717) is 31.5 Å². The molecule has 1 aliphatic rings. The topological polar surface area (TPSA) is 75.7 Å². The maximum Gasteiger partial charge on any atom is 0.338 e. The minimum Gasteiger partial charge on any atom is -0.449 e. The molecule has 7 heteroatoms. The Morgan fingerprint density at radius 3 is 2.45 bits per heavy atom. The van der Waals surface area contributed by atoms with Gasteiger partial charge in [0.25, 0.3) is 5.91 Å². The molecule has 0 aliphatic carbocycles. The lowest BCUT2D eigenvalue weighted by atomic mass is 10.1. The molecule has 0 bridgehead atoms. The zero-order valence-corrected chi connectivity index (χ0v) is 16.2. The third-order valence-corrected chi connectivity index (χ3v) is 4.77. The van der Waals surface area contributed by atoms with Gasteiger partial charge in [-0.3, -0.25) is 9.59 Å². The average molecular weight is 398 g/mol. The van der Waals surface area contributed by atoms with Crippen molar-refractivity contribution in [1.29, 1.82) is 0 Å². The first-order chi connectivity index (χ1) is 13.9. The van der Waals surface area contributed by atoms with Crippen LogP contribution in [0.3, 0.4) is 0 Å². The molecule has 0 spiro atoms. The Bertz CT molecular complexity index is 881. The smallest absolute Gasteiger partial charge is 0.338 e. The van der Waals surface area contributed by atoms with Crippen LogP contribution >= 0.6 is 0 Å². The second-order valence-corrected chi connectivity index (χ2v) is 6.91. The van der Waals surface area contributed by atoms with Crippen LogP contribution in [0.2, 0.25) is 0 Å². The van der Waals surface area contributed by atoms with E-state index in [1.807, 2.05) is 0 Å². The van der Waals surface area contributed by atoms with E-state index in [4.69, 9.17) is 4.74 Å². The number of amides is 2. The minimum atomic E-state index is -0.949. The van der Waals surface area contributed by atoms with Crippen molar-refractivity contribution in [3.05, 3.63) is 65.5 Å². The van der Waals surface area contributed by atoms with E-state index >= 15 is 0 Å². The molecule has 0 radical (unpaired) electrons. The van der Waals surface area contributed by atoms with Crippen molar-refractivity contribution < 1.29 is 23.5 Å². The van der Waals surface area contributed by atoms with Crippen LogP contribution < -0.4 is 10.2 Å². The van der Waals surface area contributed by atoms with Gasteiger partial charge < -0.3 is 15.0 Å². The van der Waals surface area contributed by atoms with E-state index in [0.717, 1.165) is 17.7 Å². The summed E-state index contributed by atoms with van der Waals surface area (Å²) in [5, 5.41) is 2.70. The van der Waals surface area contributed by atoms with Crippen molar-refractivity contribution in [3.8, 4) is 0 Å². The predicted octanol–water partition coefficient (Wildman–Crippen LogP) is 2.86. The normalized spacial score (nSPS) is 14.6. The summed E-state index contributed by atoms with van der Waals surface area (Å²) in [6.07, 6.45) is 0.965. The molecule has 2 aromatic rings. The van der Waals surface area contributed by atoms with Gasteiger partial charge in [-0.1, -0.05) is 12.1 Å². The number of ether oxygens (including phenoxy) is 1. The van der Waals surface area contributed by atoms with Gasteiger partial charge in [0, 0.05) is 25.2 Å². The SMILES string of the molecule is C[C@H](OC(=O)c1ccc(N2CCCC2=O)cc1)C(=O)NCCc1ccc(F)cc1. The first-order valence-electron chi connectivity index (χ1n) is 9.57.